The van der Waals surface area contributed by atoms with Gasteiger partial charge < -0.3 is 10.1 Å². The third-order valence-electron chi connectivity index (χ3n) is 3.43. The Morgan fingerprint density at radius 1 is 1.38 bits per heavy atom. The molecule has 24 heavy (non-hydrogen) atoms. The fourth-order valence-electron chi connectivity index (χ4n) is 2.18. The summed E-state index contributed by atoms with van der Waals surface area (Å²) in [7, 11) is -3.29. The van der Waals surface area contributed by atoms with Crippen molar-refractivity contribution >= 4 is 44.9 Å². The Bertz CT molecular complexity index is 748. The Kier molecular flexibility index (Phi) is 5.71. The first-order chi connectivity index (χ1) is 11.2. The predicted molar refractivity (Wildman–Crippen MR) is 91.6 cm³/mol. The minimum atomic E-state index is -3.29. The summed E-state index contributed by atoms with van der Waals surface area (Å²) in [4.78, 5) is 23.1. The van der Waals surface area contributed by atoms with Crippen molar-refractivity contribution in [2.45, 2.75) is 20.3 Å². The minimum absolute atomic E-state index is 0.115. The van der Waals surface area contributed by atoms with Crippen molar-refractivity contribution in [1.29, 1.82) is 0 Å². The van der Waals surface area contributed by atoms with Gasteiger partial charge in [-0.1, -0.05) is 25.4 Å². The molecule has 1 amide bonds. The molecule has 0 bridgehead atoms. The molecule has 1 aliphatic heterocycles. The van der Waals surface area contributed by atoms with Gasteiger partial charge in [0.1, 0.15) is 0 Å². The summed E-state index contributed by atoms with van der Waals surface area (Å²) in [6.45, 7) is 3.34. The molecule has 1 saturated heterocycles. The van der Waals surface area contributed by atoms with E-state index in [-0.39, 0.29) is 16.7 Å². The number of halogens is 1. The second-order valence-corrected chi connectivity index (χ2v) is 8.14. The number of hydrogen-bond donors (Lipinski definition) is 1. The molecule has 9 heteroatoms. The number of carbonyl (C=O) groups is 2. The van der Waals surface area contributed by atoms with Crippen LogP contribution in [0.2, 0.25) is 5.02 Å². The van der Waals surface area contributed by atoms with Crippen molar-refractivity contribution in [2.24, 2.45) is 5.92 Å². The van der Waals surface area contributed by atoms with Gasteiger partial charge in [0, 0.05) is 6.54 Å². The Morgan fingerprint density at radius 2 is 2.08 bits per heavy atom. The Hall–Kier alpha value is -1.80. The maximum absolute atomic E-state index is 11.9. The van der Waals surface area contributed by atoms with Crippen molar-refractivity contribution in [3.63, 3.8) is 0 Å². The standard InChI is InChI=1S/C15H19ClN2O5S/c1-10(2)15(20)23-9-14(19)17-13-5-4-11(8-12(13)16)18-6-3-7-24(18,21)22/h4-5,8,10H,3,6-7,9H2,1-2H3,(H,17,19). The molecule has 7 nitrogen and oxygen atoms in total. The van der Waals surface area contributed by atoms with Crippen LogP contribution >= 0.6 is 11.6 Å². The van der Waals surface area contributed by atoms with Gasteiger partial charge in [-0.05, 0) is 24.6 Å². The zero-order valence-corrected chi connectivity index (χ0v) is 15.0. The second-order valence-electron chi connectivity index (χ2n) is 5.72. The van der Waals surface area contributed by atoms with E-state index in [1.807, 2.05) is 0 Å². The largest absolute Gasteiger partial charge is 0.455 e. The van der Waals surface area contributed by atoms with E-state index in [0.717, 1.165) is 0 Å². The molecule has 1 aromatic carbocycles. The van der Waals surface area contributed by atoms with Crippen LogP contribution in [0.1, 0.15) is 20.3 Å². The van der Waals surface area contributed by atoms with E-state index in [9.17, 15) is 18.0 Å². The van der Waals surface area contributed by atoms with E-state index in [1.54, 1.807) is 19.9 Å². The Morgan fingerprint density at radius 3 is 2.62 bits per heavy atom. The average Bonchev–Trinajstić information content (AvgIpc) is 2.86. The maximum atomic E-state index is 11.9. The molecule has 0 aliphatic carbocycles. The number of hydrogen-bond acceptors (Lipinski definition) is 5. The smallest absolute Gasteiger partial charge is 0.308 e. The van der Waals surface area contributed by atoms with Crippen LogP contribution in [0.3, 0.4) is 0 Å². The molecule has 0 saturated carbocycles. The van der Waals surface area contributed by atoms with Gasteiger partial charge in [-0.3, -0.25) is 13.9 Å². The van der Waals surface area contributed by atoms with Crippen molar-refractivity contribution in [1.82, 2.24) is 0 Å². The summed E-state index contributed by atoms with van der Waals surface area (Å²) in [6, 6.07) is 4.58. The number of benzene rings is 1. The van der Waals surface area contributed by atoms with E-state index >= 15 is 0 Å². The van der Waals surface area contributed by atoms with Crippen LogP contribution in [-0.2, 0) is 24.3 Å². The van der Waals surface area contributed by atoms with Crippen molar-refractivity contribution in [3.05, 3.63) is 23.2 Å². The number of esters is 1. The predicted octanol–water partition coefficient (Wildman–Crippen LogP) is 2.02. The summed E-state index contributed by atoms with van der Waals surface area (Å²) in [5.74, 6) is -1.19. The Labute approximate surface area is 146 Å². The lowest BCUT2D eigenvalue weighted by Crippen LogP contribution is -2.25. The first-order valence-corrected chi connectivity index (χ1v) is 9.46. The zero-order valence-electron chi connectivity index (χ0n) is 13.4. The van der Waals surface area contributed by atoms with E-state index in [0.29, 0.717) is 24.3 Å². The van der Waals surface area contributed by atoms with Crippen LogP contribution in [-0.4, -0.2) is 39.2 Å². The molecular weight excluding hydrogens is 356 g/mol. The number of nitrogens with zero attached hydrogens (tertiary/aromatic N) is 1. The molecule has 1 N–H and O–H groups in total. The van der Waals surface area contributed by atoms with Gasteiger partial charge in [0.2, 0.25) is 10.0 Å². The number of ether oxygens (including phenoxy) is 1. The summed E-state index contributed by atoms with van der Waals surface area (Å²) in [5, 5.41) is 2.73. The second kappa shape index (κ2) is 7.40. The third-order valence-corrected chi connectivity index (χ3v) is 5.61. The number of amides is 1. The van der Waals surface area contributed by atoms with Gasteiger partial charge >= 0.3 is 5.97 Å². The molecule has 1 aliphatic rings. The highest BCUT2D eigenvalue weighted by Gasteiger charge is 2.28. The highest BCUT2D eigenvalue weighted by molar-refractivity contribution is 7.93. The van der Waals surface area contributed by atoms with Crippen LogP contribution in [0.5, 0.6) is 0 Å². The highest BCUT2D eigenvalue weighted by Crippen LogP contribution is 2.31. The number of carbonyl (C=O) groups excluding carboxylic acids is 2. The molecule has 1 fully saturated rings. The van der Waals surface area contributed by atoms with Crippen molar-refractivity contribution < 1.29 is 22.7 Å². The topological polar surface area (TPSA) is 92.8 Å². The fourth-order valence-corrected chi connectivity index (χ4v) is 3.96. The van der Waals surface area contributed by atoms with Gasteiger partial charge in [0.05, 0.1) is 28.1 Å². The monoisotopic (exact) mass is 374 g/mol. The number of rotatable bonds is 5. The van der Waals surface area contributed by atoms with Crippen LogP contribution in [0.15, 0.2) is 18.2 Å². The first-order valence-electron chi connectivity index (χ1n) is 7.47. The van der Waals surface area contributed by atoms with E-state index in [2.05, 4.69) is 5.32 Å². The summed E-state index contributed by atoms with van der Waals surface area (Å²) >= 11 is 6.11. The number of sulfonamides is 1. The van der Waals surface area contributed by atoms with Gasteiger partial charge in [0.15, 0.2) is 6.61 Å². The quantitative estimate of drug-likeness (QED) is 0.796. The van der Waals surface area contributed by atoms with E-state index < -0.39 is 28.5 Å². The van der Waals surface area contributed by atoms with E-state index in [4.69, 9.17) is 16.3 Å². The van der Waals surface area contributed by atoms with Gasteiger partial charge in [-0.2, -0.15) is 0 Å². The summed E-state index contributed by atoms with van der Waals surface area (Å²) in [5.41, 5.74) is 0.782. The molecule has 0 radical (unpaired) electrons. The molecule has 0 unspecified atom stereocenters. The van der Waals surface area contributed by atoms with Gasteiger partial charge in [0.25, 0.3) is 5.91 Å². The summed E-state index contributed by atoms with van der Waals surface area (Å²) in [6.07, 6.45) is 0.569. The molecule has 2 rings (SSSR count). The molecule has 1 aromatic rings. The van der Waals surface area contributed by atoms with E-state index in [1.165, 1.54) is 16.4 Å². The zero-order chi connectivity index (χ0) is 17.9. The average molecular weight is 375 g/mol. The van der Waals surface area contributed by atoms with Crippen molar-refractivity contribution in [3.8, 4) is 0 Å². The highest BCUT2D eigenvalue weighted by atomic mass is 35.5. The molecule has 0 spiro atoms. The summed E-state index contributed by atoms with van der Waals surface area (Å²) < 4.78 is 29.9. The Balaban J connectivity index is 2.02. The molecular formula is C15H19ClN2O5S. The van der Waals surface area contributed by atoms with Crippen LogP contribution in [0, 0.1) is 5.92 Å². The third kappa shape index (κ3) is 4.39. The number of nitrogens with one attached hydrogen (secondary N) is 1. The first kappa shape index (κ1) is 18.5. The van der Waals surface area contributed by atoms with Gasteiger partial charge in [-0.25, -0.2) is 8.42 Å². The molecule has 132 valence electrons. The van der Waals surface area contributed by atoms with Crippen LogP contribution < -0.4 is 9.62 Å². The lowest BCUT2D eigenvalue weighted by Gasteiger charge is -2.18. The normalized spacial score (nSPS) is 16.2. The fraction of sp³-hybridized carbons (Fsp3) is 0.467. The van der Waals surface area contributed by atoms with Crippen LogP contribution in [0.25, 0.3) is 0 Å². The van der Waals surface area contributed by atoms with Gasteiger partial charge in [-0.15, -0.1) is 0 Å². The molecule has 1 heterocycles. The lowest BCUT2D eigenvalue weighted by atomic mass is 10.2. The molecule has 0 atom stereocenters. The van der Waals surface area contributed by atoms with Crippen molar-refractivity contribution in [2.75, 3.05) is 28.5 Å². The molecule has 0 aromatic heterocycles. The SMILES string of the molecule is CC(C)C(=O)OCC(=O)Nc1ccc(N2CCCS2(=O)=O)cc1Cl. The number of anilines is 2. The maximum Gasteiger partial charge on any atom is 0.308 e. The lowest BCUT2D eigenvalue weighted by molar-refractivity contribution is -0.150. The minimum Gasteiger partial charge on any atom is -0.455 e. The van der Waals surface area contributed by atoms with Crippen LogP contribution in [0.4, 0.5) is 11.4 Å².